The van der Waals surface area contributed by atoms with E-state index < -0.39 is 0 Å². The number of guanidine groups is 1. The molecule has 2 unspecified atom stereocenters. The van der Waals surface area contributed by atoms with E-state index in [0.29, 0.717) is 18.4 Å². The minimum absolute atomic E-state index is 0.136. The van der Waals surface area contributed by atoms with E-state index in [9.17, 15) is 0 Å². The molecule has 3 N–H and O–H groups in total. The lowest BCUT2D eigenvalue weighted by atomic mass is 9.78. The van der Waals surface area contributed by atoms with Crippen LogP contribution in [0.3, 0.4) is 0 Å². The van der Waals surface area contributed by atoms with Crippen molar-refractivity contribution in [2.75, 3.05) is 18.5 Å². The Hall–Kier alpha value is -1.55. The van der Waals surface area contributed by atoms with E-state index in [4.69, 9.17) is 10.5 Å². The summed E-state index contributed by atoms with van der Waals surface area (Å²) in [6.07, 6.45) is 2.51. The predicted octanol–water partition coefficient (Wildman–Crippen LogP) is 3.87. The molecular weight excluding hydrogens is 286 g/mol. The second kappa shape index (κ2) is 7.35. The van der Waals surface area contributed by atoms with Gasteiger partial charge in [0.25, 0.3) is 0 Å². The van der Waals surface area contributed by atoms with Crippen molar-refractivity contribution in [3.63, 3.8) is 0 Å². The van der Waals surface area contributed by atoms with Crippen molar-refractivity contribution in [2.45, 2.75) is 53.6 Å². The number of aryl methyl sites for hydroxylation is 2. The van der Waals surface area contributed by atoms with Crippen LogP contribution in [0, 0.1) is 25.2 Å². The molecule has 0 aromatic heterocycles. The van der Waals surface area contributed by atoms with Crippen LogP contribution < -0.4 is 11.1 Å². The Kier molecular flexibility index (Phi) is 5.69. The summed E-state index contributed by atoms with van der Waals surface area (Å²) in [4.78, 5) is 4.56. The molecule has 0 amide bonds. The molecule has 0 spiro atoms. The number of nitrogens with one attached hydrogen (secondary N) is 1. The Morgan fingerprint density at radius 3 is 2.70 bits per heavy atom. The van der Waals surface area contributed by atoms with E-state index in [1.807, 2.05) is 6.07 Å². The molecule has 0 aliphatic carbocycles. The van der Waals surface area contributed by atoms with E-state index >= 15 is 0 Å². The van der Waals surface area contributed by atoms with Crippen LogP contribution in [0.2, 0.25) is 0 Å². The summed E-state index contributed by atoms with van der Waals surface area (Å²) in [5, 5.41) is 3.19. The number of aliphatic imine (C=N–C) groups is 1. The average Bonchev–Trinajstić information content (AvgIpc) is 2.48. The summed E-state index contributed by atoms with van der Waals surface area (Å²) < 4.78 is 6.00. The number of hydrogen-bond donors (Lipinski definition) is 2. The van der Waals surface area contributed by atoms with Gasteiger partial charge in [-0.05, 0) is 55.4 Å². The molecule has 1 aliphatic rings. The first-order valence-electron chi connectivity index (χ1n) is 8.53. The molecule has 0 saturated carbocycles. The van der Waals surface area contributed by atoms with Crippen LogP contribution in [0.25, 0.3) is 0 Å². The molecule has 1 aromatic carbocycles. The summed E-state index contributed by atoms with van der Waals surface area (Å²) in [5.41, 5.74) is 9.71. The van der Waals surface area contributed by atoms with E-state index in [-0.39, 0.29) is 11.5 Å². The van der Waals surface area contributed by atoms with Crippen molar-refractivity contribution in [3.8, 4) is 0 Å². The third-order valence-electron chi connectivity index (χ3n) is 4.57. The Labute approximate surface area is 140 Å². The van der Waals surface area contributed by atoms with Crippen LogP contribution >= 0.6 is 0 Å². The number of nitrogens with zero attached hydrogens (tertiary/aromatic N) is 1. The number of nitrogens with two attached hydrogens (primary N) is 1. The second-order valence-corrected chi connectivity index (χ2v) is 7.71. The molecule has 1 fully saturated rings. The van der Waals surface area contributed by atoms with Crippen molar-refractivity contribution >= 4 is 11.6 Å². The van der Waals surface area contributed by atoms with Gasteiger partial charge in [0.15, 0.2) is 5.96 Å². The van der Waals surface area contributed by atoms with Crippen LogP contribution in [0.4, 0.5) is 5.69 Å². The summed E-state index contributed by atoms with van der Waals surface area (Å²) in [5.74, 6) is 0.912. The molecule has 2 atom stereocenters. The van der Waals surface area contributed by atoms with Gasteiger partial charge in [0.1, 0.15) is 0 Å². The van der Waals surface area contributed by atoms with Gasteiger partial charge in [-0.25, -0.2) is 0 Å². The van der Waals surface area contributed by atoms with Crippen LogP contribution in [0.15, 0.2) is 23.2 Å². The third kappa shape index (κ3) is 4.96. The maximum atomic E-state index is 6.06. The standard InChI is InChI=1S/C19H31N3O/c1-13-8-9-16(11-14(13)2)22-18(20)21-12-15-7-6-10-23-17(15)19(3,4)5/h8-9,11,15,17H,6-7,10,12H2,1-5H3,(H3,20,21,22). The molecule has 1 aromatic rings. The molecule has 4 heteroatoms. The Morgan fingerprint density at radius 1 is 1.30 bits per heavy atom. The molecule has 2 rings (SSSR count). The van der Waals surface area contributed by atoms with Gasteiger partial charge in [-0.3, -0.25) is 4.99 Å². The quantitative estimate of drug-likeness (QED) is 0.657. The fraction of sp³-hybridized carbons (Fsp3) is 0.632. The molecule has 1 aliphatic heterocycles. The minimum atomic E-state index is 0.136. The number of benzene rings is 1. The summed E-state index contributed by atoms with van der Waals surface area (Å²) in [6.45, 7) is 12.5. The van der Waals surface area contributed by atoms with E-state index in [1.54, 1.807) is 0 Å². The first-order valence-corrected chi connectivity index (χ1v) is 8.53. The van der Waals surface area contributed by atoms with E-state index in [2.05, 4.69) is 57.1 Å². The normalized spacial score (nSPS) is 22.9. The molecule has 0 bridgehead atoms. The largest absolute Gasteiger partial charge is 0.377 e. The van der Waals surface area contributed by atoms with Gasteiger partial charge in [-0.1, -0.05) is 26.8 Å². The van der Waals surface area contributed by atoms with Crippen molar-refractivity contribution in [2.24, 2.45) is 22.1 Å². The highest BCUT2D eigenvalue weighted by atomic mass is 16.5. The van der Waals surface area contributed by atoms with Crippen LogP contribution in [0.5, 0.6) is 0 Å². The van der Waals surface area contributed by atoms with Gasteiger partial charge < -0.3 is 15.8 Å². The Morgan fingerprint density at radius 2 is 2.04 bits per heavy atom. The van der Waals surface area contributed by atoms with Crippen molar-refractivity contribution in [1.82, 2.24) is 0 Å². The predicted molar refractivity (Wildman–Crippen MR) is 97.9 cm³/mol. The van der Waals surface area contributed by atoms with E-state index in [1.165, 1.54) is 11.1 Å². The highest BCUT2D eigenvalue weighted by Gasteiger charge is 2.35. The maximum absolute atomic E-state index is 6.06. The number of ether oxygens (including phenoxy) is 1. The van der Waals surface area contributed by atoms with E-state index in [0.717, 1.165) is 25.1 Å². The monoisotopic (exact) mass is 317 g/mol. The summed E-state index contributed by atoms with van der Waals surface area (Å²) in [6, 6.07) is 6.22. The van der Waals surface area contributed by atoms with Gasteiger partial charge in [-0.2, -0.15) is 0 Å². The van der Waals surface area contributed by atoms with Gasteiger partial charge >= 0.3 is 0 Å². The van der Waals surface area contributed by atoms with Crippen molar-refractivity contribution < 1.29 is 4.74 Å². The zero-order valence-corrected chi connectivity index (χ0v) is 15.1. The fourth-order valence-corrected chi connectivity index (χ4v) is 3.21. The lowest BCUT2D eigenvalue weighted by Gasteiger charge is -2.39. The molecule has 23 heavy (non-hydrogen) atoms. The molecular formula is C19H31N3O. The van der Waals surface area contributed by atoms with Crippen LogP contribution in [-0.4, -0.2) is 25.2 Å². The fourth-order valence-electron chi connectivity index (χ4n) is 3.21. The highest BCUT2D eigenvalue weighted by molar-refractivity contribution is 5.92. The summed E-state index contributed by atoms with van der Waals surface area (Å²) >= 11 is 0. The van der Waals surface area contributed by atoms with Crippen molar-refractivity contribution in [3.05, 3.63) is 29.3 Å². The smallest absolute Gasteiger partial charge is 0.193 e. The SMILES string of the molecule is Cc1ccc(NC(N)=NCC2CCCOC2C(C)(C)C)cc1C. The molecule has 128 valence electrons. The van der Waals surface area contributed by atoms with Crippen LogP contribution in [-0.2, 0) is 4.74 Å². The third-order valence-corrected chi connectivity index (χ3v) is 4.57. The first-order chi connectivity index (χ1) is 10.8. The lowest BCUT2D eigenvalue weighted by molar-refractivity contribution is -0.0823. The van der Waals surface area contributed by atoms with Gasteiger partial charge in [0.05, 0.1) is 6.10 Å². The zero-order chi connectivity index (χ0) is 17.0. The Bertz CT molecular complexity index is 560. The van der Waals surface area contributed by atoms with Crippen LogP contribution in [0.1, 0.15) is 44.7 Å². The number of rotatable bonds is 3. The maximum Gasteiger partial charge on any atom is 0.193 e. The van der Waals surface area contributed by atoms with Crippen molar-refractivity contribution in [1.29, 1.82) is 0 Å². The molecule has 1 heterocycles. The summed E-state index contributed by atoms with van der Waals surface area (Å²) in [7, 11) is 0. The number of hydrogen-bond acceptors (Lipinski definition) is 2. The minimum Gasteiger partial charge on any atom is -0.377 e. The molecule has 0 radical (unpaired) electrons. The lowest BCUT2D eigenvalue weighted by Crippen LogP contribution is -2.41. The highest BCUT2D eigenvalue weighted by Crippen LogP contribution is 2.34. The topological polar surface area (TPSA) is 59.6 Å². The van der Waals surface area contributed by atoms with Gasteiger partial charge in [-0.15, -0.1) is 0 Å². The molecule has 4 nitrogen and oxygen atoms in total. The van der Waals surface area contributed by atoms with Gasteiger partial charge in [0, 0.05) is 24.8 Å². The average molecular weight is 317 g/mol. The van der Waals surface area contributed by atoms with Gasteiger partial charge in [0.2, 0.25) is 0 Å². The molecule has 1 saturated heterocycles. The first kappa shape index (κ1) is 17.8. The number of anilines is 1. The zero-order valence-electron chi connectivity index (χ0n) is 15.1. The second-order valence-electron chi connectivity index (χ2n) is 7.71. The Balaban J connectivity index is 1.98.